The van der Waals surface area contributed by atoms with Gasteiger partial charge < -0.3 is 9.84 Å². The first-order valence-corrected chi connectivity index (χ1v) is 4.37. The van der Waals surface area contributed by atoms with E-state index in [9.17, 15) is 9.90 Å². The molecule has 0 aliphatic heterocycles. The van der Waals surface area contributed by atoms with E-state index in [0.717, 1.165) is 0 Å². The van der Waals surface area contributed by atoms with Crippen molar-refractivity contribution in [2.45, 2.75) is 12.5 Å². The zero-order valence-electron chi connectivity index (χ0n) is 7.61. The summed E-state index contributed by atoms with van der Waals surface area (Å²) in [6.45, 7) is 0. The Morgan fingerprint density at radius 3 is 3.07 bits per heavy atom. The highest BCUT2D eigenvalue weighted by Crippen LogP contribution is 2.15. The number of aromatic nitrogens is 1. The van der Waals surface area contributed by atoms with Crippen molar-refractivity contribution < 1.29 is 14.6 Å². The van der Waals surface area contributed by atoms with Gasteiger partial charge in [-0.25, -0.2) is 4.79 Å². The van der Waals surface area contributed by atoms with Gasteiger partial charge in [-0.1, -0.05) is 11.6 Å². The quantitative estimate of drug-likeness (QED) is 0.759. The molecule has 0 amide bonds. The lowest BCUT2D eigenvalue weighted by atomic mass is 10.1. The van der Waals surface area contributed by atoms with Crippen LogP contribution in [-0.4, -0.2) is 29.3 Å². The summed E-state index contributed by atoms with van der Waals surface area (Å²) in [4.78, 5) is 14.7. The summed E-state index contributed by atoms with van der Waals surface area (Å²) < 4.78 is 4.38. The van der Waals surface area contributed by atoms with Crippen LogP contribution in [0.2, 0.25) is 5.02 Å². The minimum Gasteiger partial charge on any atom is -0.467 e. The van der Waals surface area contributed by atoms with Crippen molar-refractivity contribution >= 4 is 17.6 Å². The Morgan fingerprint density at radius 2 is 2.50 bits per heavy atom. The number of aliphatic hydroxyl groups is 1. The molecule has 0 spiro atoms. The second kappa shape index (κ2) is 4.93. The fourth-order valence-electron chi connectivity index (χ4n) is 0.997. The molecule has 14 heavy (non-hydrogen) atoms. The van der Waals surface area contributed by atoms with Crippen molar-refractivity contribution in [1.82, 2.24) is 4.98 Å². The largest absolute Gasteiger partial charge is 0.467 e. The average molecular weight is 216 g/mol. The smallest absolute Gasteiger partial charge is 0.335 e. The Hall–Kier alpha value is -1.13. The minimum absolute atomic E-state index is 0.133. The summed E-state index contributed by atoms with van der Waals surface area (Å²) in [6.07, 6.45) is 1.96. The highest BCUT2D eigenvalue weighted by atomic mass is 35.5. The van der Waals surface area contributed by atoms with Crippen LogP contribution >= 0.6 is 11.6 Å². The number of methoxy groups -OCH3 is 1. The summed E-state index contributed by atoms with van der Waals surface area (Å²) in [5.74, 6) is -0.669. The van der Waals surface area contributed by atoms with Gasteiger partial charge in [-0.05, 0) is 11.6 Å². The lowest BCUT2D eigenvalue weighted by Gasteiger charge is -2.08. The lowest BCUT2D eigenvalue weighted by molar-refractivity contribution is -0.150. The van der Waals surface area contributed by atoms with Crippen LogP contribution in [0.4, 0.5) is 0 Å². The minimum atomic E-state index is -1.18. The molecular formula is C9H10ClNO3. The van der Waals surface area contributed by atoms with Gasteiger partial charge in [-0.3, -0.25) is 4.98 Å². The van der Waals surface area contributed by atoms with Gasteiger partial charge in [-0.15, -0.1) is 0 Å². The highest BCUT2D eigenvalue weighted by Gasteiger charge is 2.16. The third-order valence-corrected chi connectivity index (χ3v) is 2.08. The molecular weight excluding hydrogens is 206 g/mol. The average Bonchev–Trinajstić information content (AvgIpc) is 2.20. The normalized spacial score (nSPS) is 12.2. The molecule has 0 saturated carbocycles. The van der Waals surface area contributed by atoms with Gasteiger partial charge in [0.1, 0.15) is 0 Å². The van der Waals surface area contributed by atoms with Crippen LogP contribution < -0.4 is 0 Å². The molecule has 1 unspecified atom stereocenters. The molecule has 0 saturated heterocycles. The van der Waals surface area contributed by atoms with Crippen LogP contribution in [0.25, 0.3) is 0 Å². The molecule has 0 fully saturated rings. The van der Waals surface area contributed by atoms with E-state index in [1.165, 1.54) is 13.3 Å². The molecule has 1 heterocycles. The number of rotatable bonds is 3. The van der Waals surface area contributed by atoms with Gasteiger partial charge in [0.25, 0.3) is 0 Å². The molecule has 0 aliphatic rings. The molecule has 1 aromatic heterocycles. The number of carbonyl (C=O) groups excluding carboxylic acids is 1. The zero-order valence-corrected chi connectivity index (χ0v) is 8.36. The topological polar surface area (TPSA) is 59.4 Å². The number of ether oxygens (including phenoxy) is 1. The van der Waals surface area contributed by atoms with E-state index in [0.29, 0.717) is 10.6 Å². The lowest BCUT2D eigenvalue weighted by Crippen LogP contribution is -2.24. The predicted octanol–water partition coefficient (Wildman–Crippen LogP) is 0.811. The second-order valence-electron chi connectivity index (χ2n) is 2.71. The number of esters is 1. The van der Waals surface area contributed by atoms with Gasteiger partial charge >= 0.3 is 5.97 Å². The van der Waals surface area contributed by atoms with E-state index >= 15 is 0 Å². The van der Waals surface area contributed by atoms with Crippen LogP contribution in [0, 0.1) is 0 Å². The third-order valence-electron chi connectivity index (χ3n) is 1.74. The highest BCUT2D eigenvalue weighted by molar-refractivity contribution is 6.31. The fourth-order valence-corrected chi connectivity index (χ4v) is 1.19. The number of carbonyl (C=O) groups is 1. The molecule has 5 heteroatoms. The van der Waals surface area contributed by atoms with E-state index in [-0.39, 0.29) is 6.42 Å². The number of halogens is 1. The van der Waals surface area contributed by atoms with Gasteiger partial charge in [0.15, 0.2) is 6.10 Å². The van der Waals surface area contributed by atoms with Crippen LogP contribution in [0.1, 0.15) is 5.56 Å². The standard InChI is InChI=1S/C9H10ClNO3/c1-14-9(13)8(12)4-6-2-3-11-5-7(6)10/h2-3,5,8,12H,4H2,1H3. The molecule has 1 aromatic rings. The first-order chi connectivity index (χ1) is 6.65. The molecule has 1 N–H and O–H groups in total. The van der Waals surface area contributed by atoms with Crippen molar-refractivity contribution in [3.8, 4) is 0 Å². The van der Waals surface area contributed by atoms with Gasteiger partial charge in [0, 0.05) is 18.8 Å². The first-order valence-electron chi connectivity index (χ1n) is 3.99. The van der Waals surface area contributed by atoms with Gasteiger partial charge in [0.05, 0.1) is 12.1 Å². The zero-order chi connectivity index (χ0) is 10.6. The molecule has 0 aromatic carbocycles. The first kappa shape index (κ1) is 10.9. The van der Waals surface area contributed by atoms with Crippen molar-refractivity contribution in [2.24, 2.45) is 0 Å². The van der Waals surface area contributed by atoms with E-state index in [2.05, 4.69) is 9.72 Å². The number of pyridine rings is 1. The predicted molar refractivity (Wildman–Crippen MR) is 51.0 cm³/mol. The fraction of sp³-hybridized carbons (Fsp3) is 0.333. The summed E-state index contributed by atoms with van der Waals surface area (Å²) in [7, 11) is 1.22. The SMILES string of the molecule is COC(=O)C(O)Cc1ccncc1Cl. The second-order valence-corrected chi connectivity index (χ2v) is 3.12. The maximum atomic E-state index is 10.9. The van der Waals surface area contributed by atoms with Crippen LogP contribution in [0.15, 0.2) is 18.5 Å². The summed E-state index contributed by atoms with van der Waals surface area (Å²) in [5.41, 5.74) is 0.666. The molecule has 0 radical (unpaired) electrons. The van der Waals surface area contributed by atoms with Crippen molar-refractivity contribution in [3.63, 3.8) is 0 Å². The Kier molecular flexibility index (Phi) is 3.85. The Morgan fingerprint density at radius 1 is 1.79 bits per heavy atom. The molecule has 76 valence electrons. The number of nitrogens with zero attached hydrogens (tertiary/aromatic N) is 1. The Labute approximate surface area is 86.5 Å². The molecule has 0 bridgehead atoms. The van der Waals surface area contributed by atoms with Crippen molar-refractivity contribution in [2.75, 3.05) is 7.11 Å². The van der Waals surface area contributed by atoms with E-state index in [1.54, 1.807) is 12.3 Å². The molecule has 4 nitrogen and oxygen atoms in total. The number of hydrogen-bond acceptors (Lipinski definition) is 4. The maximum Gasteiger partial charge on any atom is 0.335 e. The van der Waals surface area contributed by atoms with Crippen molar-refractivity contribution in [1.29, 1.82) is 0 Å². The van der Waals surface area contributed by atoms with Crippen molar-refractivity contribution in [3.05, 3.63) is 29.0 Å². The van der Waals surface area contributed by atoms with E-state index in [4.69, 9.17) is 11.6 Å². The van der Waals surface area contributed by atoms with Gasteiger partial charge in [-0.2, -0.15) is 0 Å². The van der Waals surface area contributed by atoms with Crippen LogP contribution in [0.3, 0.4) is 0 Å². The van der Waals surface area contributed by atoms with E-state index < -0.39 is 12.1 Å². The Bertz CT molecular complexity index is 330. The third kappa shape index (κ3) is 2.68. The van der Waals surface area contributed by atoms with Crippen LogP contribution in [-0.2, 0) is 16.0 Å². The van der Waals surface area contributed by atoms with Crippen LogP contribution in [0.5, 0.6) is 0 Å². The Balaban J connectivity index is 2.69. The van der Waals surface area contributed by atoms with E-state index in [1.807, 2.05) is 0 Å². The maximum absolute atomic E-state index is 10.9. The molecule has 1 atom stereocenters. The van der Waals surface area contributed by atoms with Gasteiger partial charge in [0.2, 0.25) is 0 Å². The summed E-state index contributed by atoms with van der Waals surface area (Å²) >= 11 is 5.79. The monoisotopic (exact) mass is 215 g/mol. The number of hydrogen-bond donors (Lipinski definition) is 1. The molecule has 0 aliphatic carbocycles. The molecule has 1 rings (SSSR count). The summed E-state index contributed by atoms with van der Waals surface area (Å²) in [5, 5.41) is 9.77. The summed E-state index contributed by atoms with van der Waals surface area (Å²) in [6, 6.07) is 1.65. The number of aliphatic hydroxyl groups excluding tert-OH is 1.